The smallest absolute Gasteiger partial charge is 0.372 e. The van der Waals surface area contributed by atoms with E-state index in [4.69, 9.17) is 4.74 Å². The zero-order chi connectivity index (χ0) is 13.5. The molecule has 0 bridgehead atoms. The number of aryl methyl sites for hydroxylation is 1. The molecule has 0 radical (unpaired) electrons. The number of ether oxygens (including phenoxy) is 1. The molecule has 0 fully saturated rings. The molecular weight excluding hydrogens is 236 g/mol. The van der Waals surface area contributed by atoms with Gasteiger partial charge in [0.25, 0.3) is 5.88 Å². The van der Waals surface area contributed by atoms with Crippen molar-refractivity contribution in [2.75, 3.05) is 19.0 Å². The summed E-state index contributed by atoms with van der Waals surface area (Å²) < 4.78 is 4.92. The van der Waals surface area contributed by atoms with E-state index in [1.807, 2.05) is 0 Å². The van der Waals surface area contributed by atoms with E-state index >= 15 is 0 Å². The number of methoxy groups -OCH3 is 1. The Kier molecular flexibility index (Phi) is 5.29. The fourth-order valence-electron chi connectivity index (χ4n) is 1.55. The zero-order valence-corrected chi connectivity index (χ0v) is 10.9. The quantitative estimate of drug-likeness (QED) is 0.456. The van der Waals surface area contributed by atoms with Crippen molar-refractivity contribution >= 4 is 11.5 Å². The van der Waals surface area contributed by atoms with Crippen LogP contribution in [-0.4, -0.2) is 28.5 Å². The first kappa shape index (κ1) is 14.1. The summed E-state index contributed by atoms with van der Waals surface area (Å²) in [4.78, 5) is 18.4. The van der Waals surface area contributed by atoms with Gasteiger partial charge in [0.2, 0.25) is 5.82 Å². The van der Waals surface area contributed by atoms with Gasteiger partial charge in [-0.3, -0.25) is 10.1 Å². The SMILES string of the molecule is CCCCCNc1nc(C)nc(OC)c1[N+](=O)[O-]. The van der Waals surface area contributed by atoms with Gasteiger partial charge in [-0.2, -0.15) is 4.98 Å². The number of nitrogens with zero attached hydrogens (tertiary/aromatic N) is 3. The summed E-state index contributed by atoms with van der Waals surface area (Å²) >= 11 is 0. The van der Waals surface area contributed by atoms with Gasteiger partial charge in [-0.05, 0) is 13.3 Å². The van der Waals surface area contributed by atoms with Crippen LogP contribution in [0, 0.1) is 17.0 Å². The normalized spacial score (nSPS) is 10.2. The number of aromatic nitrogens is 2. The van der Waals surface area contributed by atoms with Gasteiger partial charge in [-0.25, -0.2) is 4.98 Å². The van der Waals surface area contributed by atoms with Gasteiger partial charge in [-0.1, -0.05) is 19.8 Å². The largest absolute Gasteiger partial charge is 0.476 e. The lowest BCUT2D eigenvalue weighted by Gasteiger charge is -2.08. The molecule has 7 nitrogen and oxygen atoms in total. The predicted molar refractivity (Wildman–Crippen MR) is 68.0 cm³/mol. The highest BCUT2D eigenvalue weighted by Crippen LogP contribution is 2.31. The molecule has 0 unspecified atom stereocenters. The van der Waals surface area contributed by atoms with Crippen molar-refractivity contribution in [3.05, 3.63) is 15.9 Å². The van der Waals surface area contributed by atoms with Crippen LogP contribution in [0.3, 0.4) is 0 Å². The third-order valence-electron chi connectivity index (χ3n) is 2.41. The van der Waals surface area contributed by atoms with E-state index in [-0.39, 0.29) is 17.4 Å². The summed E-state index contributed by atoms with van der Waals surface area (Å²) in [6.45, 7) is 4.41. The molecule has 1 heterocycles. The third kappa shape index (κ3) is 3.54. The summed E-state index contributed by atoms with van der Waals surface area (Å²) in [5.74, 6) is 0.654. The summed E-state index contributed by atoms with van der Waals surface area (Å²) in [6, 6.07) is 0. The molecule has 0 aliphatic heterocycles. The van der Waals surface area contributed by atoms with Crippen LogP contribution in [0.25, 0.3) is 0 Å². The number of hydrogen-bond donors (Lipinski definition) is 1. The predicted octanol–water partition coefficient (Wildman–Crippen LogP) is 2.30. The van der Waals surface area contributed by atoms with Gasteiger partial charge in [0.05, 0.1) is 12.0 Å². The van der Waals surface area contributed by atoms with E-state index in [0.29, 0.717) is 12.4 Å². The Balaban J connectivity index is 2.93. The second-order valence-corrected chi connectivity index (χ2v) is 3.87. The molecule has 0 saturated carbocycles. The molecule has 0 spiro atoms. The van der Waals surface area contributed by atoms with Crippen molar-refractivity contribution in [1.29, 1.82) is 0 Å². The molecule has 1 aromatic rings. The fourth-order valence-corrected chi connectivity index (χ4v) is 1.55. The van der Waals surface area contributed by atoms with Gasteiger partial charge < -0.3 is 10.1 Å². The van der Waals surface area contributed by atoms with E-state index in [9.17, 15) is 10.1 Å². The molecule has 0 atom stereocenters. The second-order valence-electron chi connectivity index (χ2n) is 3.87. The summed E-state index contributed by atoms with van der Waals surface area (Å²) in [7, 11) is 1.36. The van der Waals surface area contributed by atoms with Crippen LogP contribution in [0.5, 0.6) is 5.88 Å². The van der Waals surface area contributed by atoms with E-state index in [1.54, 1.807) is 6.92 Å². The topological polar surface area (TPSA) is 90.2 Å². The monoisotopic (exact) mass is 254 g/mol. The zero-order valence-electron chi connectivity index (χ0n) is 10.9. The Morgan fingerprint density at radius 3 is 2.67 bits per heavy atom. The summed E-state index contributed by atoms with van der Waals surface area (Å²) in [6.07, 6.45) is 3.11. The lowest BCUT2D eigenvalue weighted by molar-refractivity contribution is -0.385. The van der Waals surface area contributed by atoms with Gasteiger partial charge in [0, 0.05) is 6.54 Å². The van der Waals surface area contributed by atoms with Gasteiger partial charge in [0.1, 0.15) is 5.82 Å². The summed E-state index contributed by atoms with van der Waals surface area (Å²) in [5, 5.41) is 14.0. The Morgan fingerprint density at radius 1 is 1.39 bits per heavy atom. The molecule has 0 saturated heterocycles. The molecule has 1 aromatic heterocycles. The highest BCUT2D eigenvalue weighted by atomic mass is 16.6. The minimum atomic E-state index is -0.527. The minimum absolute atomic E-state index is 0.00880. The van der Waals surface area contributed by atoms with Crippen LogP contribution >= 0.6 is 0 Å². The van der Waals surface area contributed by atoms with Crippen LogP contribution in [-0.2, 0) is 0 Å². The Bertz CT molecular complexity index is 423. The molecule has 7 heteroatoms. The van der Waals surface area contributed by atoms with Crippen molar-refractivity contribution in [3.63, 3.8) is 0 Å². The number of nitro groups is 1. The highest BCUT2D eigenvalue weighted by molar-refractivity contribution is 5.61. The molecule has 18 heavy (non-hydrogen) atoms. The number of hydrogen-bond acceptors (Lipinski definition) is 6. The van der Waals surface area contributed by atoms with Crippen LogP contribution in [0.1, 0.15) is 32.0 Å². The number of unbranched alkanes of at least 4 members (excludes halogenated alkanes) is 2. The Hall–Kier alpha value is -1.92. The van der Waals surface area contributed by atoms with Gasteiger partial charge >= 0.3 is 5.69 Å². The Morgan fingerprint density at radius 2 is 2.11 bits per heavy atom. The van der Waals surface area contributed by atoms with E-state index in [2.05, 4.69) is 22.2 Å². The molecule has 1 rings (SSSR count). The van der Waals surface area contributed by atoms with Crippen molar-refractivity contribution in [3.8, 4) is 5.88 Å². The average molecular weight is 254 g/mol. The highest BCUT2D eigenvalue weighted by Gasteiger charge is 2.24. The maximum absolute atomic E-state index is 11.0. The van der Waals surface area contributed by atoms with Gasteiger partial charge in [-0.15, -0.1) is 0 Å². The first-order valence-electron chi connectivity index (χ1n) is 5.91. The molecule has 0 aromatic carbocycles. The van der Waals surface area contributed by atoms with Crippen molar-refractivity contribution in [1.82, 2.24) is 9.97 Å². The number of anilines is 1. The number of nitrogens with one attached hydrogen (secondary N) is 1. The van der Waals surface area contributed by atoms with Crippen LogP contribution in [0.2, 0.25) is 0 Å². The first-order valence-corrected chi connectivity index (χ1v) is 5.91. The molecule has 0 aliphatic carbocycles. The van der Waals surface area contributed by atoms with E-state index in [1.165, 1.54) is 7.11 Å². The van der Waals surface area contributed by atoms with Crippen molar-refractivity contribution < 1.29 is 9.66 Å². The maximum Gasteiger partial charge on any atom is 0.372 e. The Labute approximate surface area is 106 Å². The van der Waals surface area contributed by atoms with Crippen LogP contribution in [0.15, 0.2) is 0 Å². The van der Waals surface area contributed by atoms with Crippen molar-refractivity contribution in [2.24, 2.45) is 0 Å². The summed E-state index contributed by atoms with van der Waals surface area (Å²) in [5.41, 5.74) is -0.209. The molecule has 0 aliphatic rings. The number of rotatable bonds is 7. The molecule has 0 amide bonds. The maximum atomic E-state index is 11.0. The van der Waals surface area contributed by atoms with E-state index < -0.39 is 4.92 Å². The minimum Gasteiger partial charge on any atom is -0.476 e. The van der Waals surface area contributed by atoms with Gasteiger partial charge in [0.15, 0.2) is 0 Å². The van der Waals surface area contributed by atoms with Crippen LogP contribution < -0.4 is 10.1 Å². The second kappa shape index (κ2) is 6.73. The fraction of sp³-hybridized carbons (Fsp3) is 0.636. The molecule has 100 valence electrons. The third-order valence-corrected chi connectivity index (χ3v) is 2.41. The lowest BCUT2D eigenvalue weighted by atomic mass is 10.2. The van der Waals surface area contributed by atoms with Crippen LogP contribution in [0.4, 0.5) is 11.5 Å². The van der Waals surface area contributed by atoms with Crippen molar-refractivity contribution in [2.45, 2.75) is 33.1 Å². The standard InChI is InChI=1S/C11H18N4O3/c1-4-5-6-7-12-10-9(15(16)17)11(18-3)14-8(2)13-10/h4-7H2,1-3H3,(H,12,13,14). The molecular formula is C11H18N4O3. The molecule has 1 N–H and O–H groups in total. The lowest BCUT2D eigenvalue weighted by Crippen LogP contribution is -2.09. The first-order chi connectivity index (χ1) is 8.60. The average Bonchev–Trinajstić information content (AvgIpc) is 2.33. The van der Waals surface area contributed by atoms with E-state index in [0.717, 1.165) is 19.3 Å².